The number of hydrogen-bond acceptors (Lipinski definition) is 6. The Kier molecular flexibility index (Phi) is 35.8. The van der Waals surface area contributed by atoms with Crippen molar-refractivity contribution in [2.45, 2.75) is 213 Å². The van der Waals surface area contributed by atoms with Crippen molar-refractivity contribution in [3.63, 3.8) is 0 Å². The molecule has 46 heavy (non-hydrogen) atoms. The summed E-state index contributed by atoms with van der Waals surface area (Å²) in [6.07, 6.45) is 33.5. The van der Waals surface area contributed by atoms with Crippen molar-refractivity contribution in [1.82, 2.24) is 4.90 Å². The van der Waals surface area contributed by atoms with E-state index in [0.29, 0.717) is 26.0 Å². The zero-order valence-electron chi connectivity index (χ0n) is 31.3. The molecule has 0 saturated heterocycles. The van der Waals surface area contributed by atoms with E-state index in [1.807, 2.05) is 0 Å². The number of nitrogens with zero attached hydrogens (tertiary/aromatic N) is 1. The molecule has 0 rings (SSSR count). The average Bonchev–Trinajstić information content (AvgIpc) is 3.04. The van der Waals surface area contributed by atoms with Crippen LogP contribution in [0.15, 0.2) is 0 Å². The van der Waals surface area contributed by atoms with Crippen molar-refractivity contribution in [3.05, 3.63) is 0 Å². The third-order valence-corrected chi connectivity index (χ3v) is 9.22. The van der Waals surface area contributed by atoms with Gasteiger partial charge in [-0.1, -0.05) is 143 Å². The van der Waals surface area contributed by atoms with Crippen LogP contribution in [-0.2, 0) is 19.1 Å². The summed E-state index contributed by atoms with van der Waals surface area (Å²) in [7, 11) is 0. The molecule has 0 aliphatic rings. The first-order valence-corrected chi connectivity index (χ1v) is 20.3. The number of nitrogens with two attached hydrogens (primary N) is 1. The molecule has 0 heterocycles. The van der Waals surface area contributed by atoms with E-state index in [0.717, 1.165) is 83.8 Å². The van der Waals surface area contributed by atoms with Crippen LogP contribution in [0.5, 0.6) is 0 Å². The summed E-state index contributed by atoms with van der Waals surface area (Å²) in [5.41, 5.74) is 5.85. The van der Waals surface area contributed by atoms with E-state index < -0.39 is 0 Å². The van der Waals surface area contributed by atoms with E-state index in [-0.39, 0.29) is 18.0 Å². The van der Waals surface area contributed by atoms with Crippen LogP contribution in [-0.4, -0.2) is 55.7 Å². The largest absolute Gasteiger partial charge is 0.466 e. The highest BCUT2D eigenvalue weighted by Crippen LogP contribution is 2.18. The minimum atomic E-state index is -0.0617. The third-order valence-electron chi connectivity index (χ3n) is 9.22. The van der Waals surface area contributed by atoms with Gasteiger partial charge in [-0.15, -0.1) is 0 Å². The fourth-order valence-electron chi connectivity index (χ4n) is 6.23. The number of rotatable bonds is 37. The summed E-state index contributed by atoms with van der Waals surface area (Å²) in [5, 5.41) is 0. The maximum Gasteiger partial charge on any atom is 0.306 e. The summed E-state index contributed by atoms with van der Waals surface area (Å²) in [5.74, 6) is -0.0506. The maximum absolute atomic E-state index is 12.7. The molecule has 0 aliphatic heterocycles. The molecule has 0 aromatic carbocycles. The number of esters is 2. The lowest BCUT2D eigenvalue weighted by Crippen LogP contribution is -2.31. The summed E-state index contributed by atoms with van der Waals surface area (Å²) in [6.45, 7) is 10.8. The molecule has 0 fully saturated rings. The summed E-state index contributed by atoms with van der Waals surface area (Å²) in [6, 6.07) is 0. The molecule has 0 aliphatic carbocycles. The van der Waals surface area contributed by atoms with Crippen molar-refractivity contribution in [1.29, 1.82) is 0 Å². The van der Waals surface area contributed by atoms with Gasteiger partial charge in [-0.25, -0.2) is 0 Å². The van der Waals surface area contributed by atoms with Crippen LogP contribution in [0, 0.1) is 0 Å². The Morgan fingerprint density at radius 1 is 0.500 bits per heavy atom. The Hall–Kier alpha value is -1.14. The van der Waals surface area contributed by atoms with Gasteiger partial charge in [-0.05, 0) is 64.5 Å². The second kappa shape index (κ2) is 36.7. The molecule has 0 atom stereocenters. The van der Waals surface area contributed by atoms with Gasteiger partial charge in [-0.2, -0.15) is 0 Å². The van der Waals surface area contributed by atoms with Gasteiger partial charge in [0.05, 0.1) is 6.61 Å². The van der Waals surface area contributed by atoms with E-state index in [9.17, 15) is 9.59 Å². The molecule has 0 radical (unpaired) electrons. The lowest BCUT2D eigenvalue weighted by molar-refractivity contribution is -0.150. The number of carbonyl (C=O) groups excluding carboxylic acids is 2. The van der Waals surface area contributed by atoms with Gasteiger partial charge in [-0.3, -0.25) is 9.59 Å². The van der Waals surface area contributed by atoms with Crippen LogP contribution in [0.25, 0.3) is 0 Å². The third kappa shape index (κ3) is 32.8. The maximum atomic E-state index is 12.7. The SMILES string of the molecule is CCCCCCCCCOC(=O)CCCN(CCN)CCCCCCCC(=O)OC(CCCCCCCC)CCCCCCCC. The molecule has 0 spiro atoms. The summed E-state index contributed by atoms with van der Waals surface area (Å²) < 4.78 is 11.4. The van der Waals surface area contributed by atoms with E-state index in [2.05, 4.69) is 25.7 Å². The predicted molar refractivity (Wildman–Crippen MR) is 197 cm³/mol. The number of unbranched alkanes of at least 4 members (excludes halogenated alkanes) is 20. The van der Waals surface area contributed by atoms with Gasteiger partial charge in [0.25, 0.3) is 0 Å². The molecular formula is C40H80N2O4. The molecule has 0 aromatic rings. The molecule has 0 saturated carbocycles. The van der Waals surface area contributed by atoms with E-state index >= 15 is 0 Å². The first-order chi connectivity index (χ1) is 22.6. The number of carbonyl (C=O) groups is 2. The molecular weight excluding hydrogens is 572 g/mol. The first-order valence-electron chi connectivity index (χ1n) is 20.3. The Balaban J connectivity index is 4.04. The Morgan fingerprint density at radius 3 is 1.48 bits per heavy atom. The quantitative estimate of drug-likeness (QED) is 0.0531. The van der Waals surface area contributed by atoms with E-state index in [1.165, 1.54) is 109 Å². The molecule has 6 nitrogen and oxygen atoms in total. The molecule has 2 N–H and O–H groups in total. The van der Waals surface area contributed by atoms with Gasteiger partial charge >= 0.3 is 11.9 Å². The van der Waals surface area contributed by atoms with Gasteiger partial charge in [0.1, 0.15) is 6.10 Å². The lowest BCUT2D eigenvalue weighted by Gasteiger charge is -2.21. The molecule has 0 amide bonds. The van der Waals surface area contributed by atoms with Gasteiger partial charge in [0.2, 0.25) is 0 Å². The normalized spacial score (nSPS) is 11.5. The van der Waals surface area contributed by atoms with Crippen LogP contribution in [0.2, 0.25) is 0 Å². The summed E-state index contributed by atoms with van der Waals surface area (Å²) >= 11 is 0. The standard InChI is InChI=1S/C40H80N2O4/c1-4-7-10-13-16-22-27-37-45-39(43)32-28-35-42(36-33-41)34-26-21-17-20-25-31-40(44)46-38(29-23-18-14-11-8-5-2)30-24-19-15-12-9-6-3/h38H,4-37,41H2,1-3H3. The van der Waals surface area contributed by atoms with Gasteiger partial charge < -0.3 is 20.1 Å². The Morgan fingerprint density at radius 2 is 0.935 bits per heavy atom. The van der Waals surface area contributed by atoms with Crippen LogP contribution >= 0.6 is 0 Å². The number of ether oxygens (including phenoxy) is 2. The van der Waals surface area contributed by atoms with E-state index in [4.69, 9.17) is 15.2 Å². The average molecular weight is 653 g/mol. The molecule has 274 valence electrons. The fraction of sp³-hybridized carbons (Fsp3) is 0.950. The first kappa shape index (κ1) is 44.9. The predicted octanol–water partition coefficient (Wildman–Crippen LogP) is 11.1. The van der Waals surface area contributed by atoms with Gasteiger partial charge in [0, 0.05) is 25.9 Å². The highest BCUT2D eigenvalue weighted by molar-refractivity contribution is 5.69. The zero-order valence-corrected chi connectivity index (χ0v) is 31.3. The fourth-order valence-corrected chi connectivity index (χ4v) is 6.23. The second-order valence-electron chi connectivity index (χ2n) is 13.8. The highest BCUT2D eigenvalue weighted by Gasteiger charge is 2.14. The molecule has 6 heteroatoms. The number of hydrogen-bond donors (Lipinski definition) is 1. The zero-order chi connectivity index (χ0) is 33.8. The van der Waals surface area contributed by atoms with Gasteiger partial charge in [0.15, 0.2) is 0 Å². The highest BCUT2D eigenvalue weighted by atomic mass is 16.5. The van der Waals surface area contributed by atoms with E-state index in [1.54, 1.807) is 0 Å². The Bertz CT molecular complexity index is 629. The second-order valence-corrected chi connectivity index (χ2v) is 13.8. The minimum Gasteiger partial charge on any atom is -0.466 e. The molecule has 0 aromatic heterocycles. The van der Waals surface area contributed by atoms with Crippen LogP contribution in [0.1, 0.15) is 207 Å². The lowest BCUT2D eigenvalue weighted by atomic mass is 10.0. The van der Waals surface area contributed by atoms with Crippen LogP contribution < -0.4 is 5.73 Å². The van der Waals surface area contributed by atoms with Crippen molar-refractivity contribution in [3.8, 4) is 0 Å². The van der Waals surface area contributed by atoms with Crippen LogP contribution in [0.4, 0.5) is 0 Å². The van der Waals surface area contributed by atoms with Crippen molar-refractivity contribution in [2.75, 3.05) is 32.8 Å². The molecule has 0 bridgehead atoms. The molecule has 0 unspecified atom stereocenters. The minimum absolute atomic E-state index is 0.0111. The van der Waals surface area contributed by atoms with Crippen LogP contribution in [0.3, 0.4) is 0 Å². The van der Waals surface area contributed by atoms with Crippen molar-refractivity contribution < 1.29 is 19.1 Å². The monoisotopic (exact) mass is 653 g/mol. The van der Waals surface area contributed by atoms with Crippen molar-refractivity contribution in [2.24, 2.45) is 5.73 Å². The summed E-state index contributed by atoms with van der Waals surface area (Å²) in [4.78, 5) is 27.1. The van der Waals surface area contributed by atoms with Crippen molar-refractivity contribution >= 4 is 11.9 Å². The Labute approximate surface area is 287 Å². The smallest absolute Gasteiger partial charge is 0.306 e. The topological polar surface area (TPSA) is 81.9 Å².